The molecule has 0 saturated heterocycles. The minimum absolute atomic E-state index is 0.0929. The quantitative estimate of drug-likeness (QED) is 0.356. The number of ether oxygens (including phenoxy) is 2. The van der Waals surface area contributed by atoms with Gasteiger partial charge >= 0.3 is 0 Å². The van der Waals surface area contributed by atoms with E-state index in [1.807, 2.05) is 13.8 Å². The highest BCUT2D eigenvalue weighted by molar-refractivity contribution is 6.35. The van der Waals surface area contributed by atoms with Crippen molar-refractivity contribution in [3.05, 3.63) is 22.8 Å². The predicted octanol–water partition coefficient (Wildman–Crippen LogP) is 1.63. The van der Waals surface area contributed by atoms with Crippen molar-refractivity contribution in [2.45, 2.75) is 20.0 Å². The second-order valence-electron chi connectivity index (χ2n) is 3.55. The van der Waals surface area contributed by atoms with Gasteiger partial charge in [-0.2, -0.15) is 0 Å². The summed E-state index contributed by atoms with van der Waals surface area (Å²) < 4.78 is 10.7. The number of nitrogens with zero attached hydrogens (tertiary/aromatic N) is 2. The lowest BCUT2D eigenvalue weighted by molar-refractivity contribution is 0.0634. The molecule has 0 aliphatic heterocycles. The number of oxime groups is 1. The third-order valence-electron chi connectivity index (χ3n) is 2.11. The molecule has 0 saturated carbocycles. The van der Waals surface area contributed by atoms with Gasteiger partial charge in [0.2, 0.25) is 5.88 Å². The van der Waals surface area contributed by atoms with Crippen LogP contribution in [0.5, 0.6) is 5.88 Å². The molecule has 0 fully saturated rings. The van der Waals surface area contributed by atoms with Gasteiger partial charge in [0.1, 0.15) is 11.1 Å². The molecule has 0 bridgehead atoms. The minimum Gasteiger partial charge on any atom is -0.471 e. The number of rotatable bonds is 6. The van der Waals surface area contributed by atoms with Crippen LogP contribution in [0.25, 0.3) is 0 Å². The van der Waals surface area contributed by atoms with Crippen LogP contribution in [0.4, 0.5) is 0 Å². The molecule has 0 spiro atoms. The monoisotopic (exact) mass is 273 g/mol. The van der Waals surface area contributed by atoms with Crippen LogP contribution in [-0.4, -0.2) is 35.3 Å². The molecule has 1 aromatic heterocycles. The first-order valence-electron chi connectivity index (χ1n) is 5.46. The molecule has 0 amide bonds. The number of pyridine rings is 1. The van der Waals surface area contributed by atoms with Crippen molar-refractivity contribution in [1.29, 1.82) is 0 Å². The maximum absolute atomic E-state index is 8.62. The summed E-state index contributed by atoms with van der Waals surface area (Å²) in [6.45, 7) is 4.78. The molecule has 100 valence electrons. The lowest BCUT2D eigenvalue weighted by Gasteiger charge is -2.15. The van der Waals surface area contributed by atoms with Crippen molar-refractivity contribution >= 4 is 17.4 Å². The number of nitrogens with two attached hydrogens (primary N) is 1. The van der Waals surface area contributed by atoms with Crippen LogP contribution in [0.2, 0.25) is 5.02 Å². The van der Waals surface area contributed by atoms with E-state index >= 15 is 0 Å². The zero-order valence-electron chi connectivity index (χ0n) is 10.3. The van der Waals surface area contributed by atoms with Gasteiger partial charge < -0.3 is 20.4 Å². The lowest BCUT2D eigenvalue weighted by Crippen LogP contribution is -2.21. The molecule has 0 radical (unpaired) electrons. The topological polar surface area (TPSA) is 90.0 Å². The predicted molar refractivity (Wildman–Crippen MR) is 68.3 cm³/mol. The van der Waals surface area contributed by atoms with Gasteiger partial charge in [0.15, 0.2) is 5.84 Å². The Labute approximate surface area is 110 Å². The van der Waals surface area contributed by atoms with Crippen molar-refractivity contribution in [2.75, 3.05) is 13.2 Å². The van der Waals surface area contributed by atoms with Gasteiger partial charge in [0.05, 0.1) is 6.61 Å². The maximum atomic E-state index is 8.62. The number of amidine groups is 1. The summed E-state index contributed by atoms with van der Waals surface area (Å²) in [5, 5.41) is 11.7. The summed E-state index contributed by atoms with van der Waals surface area (Å²) in [6, 6.07) is 1.54. The van der Waals surface area contributed by atoms with E-state index in [1.54, 1.807) is 0 Å². The molecule has 0 aromatic carbocycles. The fourth-order valence-electron chi connectivity index (χ4n) is 1.27. The molecule has 1 rings (SSSR count). The van der Waals surface area contributed by atoms with Crippen molar-refractivity contribution in [3.8, 4) is 5.88 Å². The van der Waals surface area contributed by atoms with Gasteiger partial charge in [-0.1, -0.05) is 16.8 Å². The SMILES string of the molecule is CCOCC(C)Oc1nccc(/C(N)=N/O)c1Cl. The normalized spacial score (nSPS) is 13.4. The van der Waals surface area contributed by atoms with Crippen LogP contribution in [0, 0.1) is 0 Å². The zero-order valence-corrected chi connectivity index (χ0v) is 11.0. The third kappa shape index (κ3) is 3.75. The van der Waals surface area contributed by atoms with Crippen molar-refractivity contribution in [2.24, 2.45) is 10.9 Å². The number of halogens is 1. The van der Waals surface area contributed by atoms with E-state index in [9.17, 15) is 0 Å². The zero-order chi connectivity index (χ0) is 13.5. The van der Waals surface area contributed by atoms with Crippen LogP contribution in [0.15, 0.2) is 17.4 Å². The molecule has 1 atom stereocenters. The second-order valence-corrected chi connectivity index (χ2v) is 3.93. The Balaban J connectivity index is 2.84. The standard InChI is InChI=1S/C11H16ClN3O3/c1-3-17-6-7(2)18-11-9(12)8(4-5-14-11)10(13)15-16/h4-5,7,16H,3,6H2,1-2H3,(H2,13,15). The fraction of sp³-hybridized carbons (Fsp3) is 0.455. The van der Waals surface area contributed by atoms with Crippen LogP contribution in [0.1, 0.15) is 19.4 Å². The van der Waals surface area contributed by atoms with E-state index in [2.05, 4.69) is 10.1 Å². The van der Waals surface area contributed by atoms with Crippen LogP contribution >= 0.6 is 11.6 Å². The molecule has 1 aromatic rings. The van der Waals surface area contributed by atoms with Gasteiger partial charge in [0, 0.05) is 18.4 Å². The van der Waals surface area contributed by atoms with Crippen LogP contribution in [0.3, 0.4) is 0 Å². The van der Waals surface area contributed by atoms with E-state index in [0.717, 1.165) is 0 Å². The Kier molecular flexibility index (Phi) is 5.67. The second kappa shape index (κ2) is 7.03. The smallest absolute Gasteiger partial charge is 0.233 e. The first kappa shape index (κ1) is 14.5. The summed E-state index contributed by atoms with van der Waals surface area (Å²) in [4.78, 5) is 4.00. The average Bonchev–Trinajstić information content (AvgIpc) is 2.38. The molecule has 18 heavy (non-hydrogen) atoms. The number of aromatic nitrogens is 1. The molecule has 7 heteroatoms. The maximum Gasteiger partial charge on any atom is 0.233 e. The Morgan fingerprint density at radius 3 is 3.00 bits per heavy atom. The highest BCUT2D eigenvalue weighted by Gasteiger charge is 2.14. The van der Waals surface area contributed by atoms with Gasteiger partial charge in [-0.05, 0) is 19.9 Å². The molecular weight excluding hydrogens is 258 g/mol. The Morgan fingerprint density at radius 1 is 1.67 bits per heavy atom. The summed E-state index contributed by atoms with van der Waals surface area (Å²) in [6.07, 6.45) is 1.28. The molecular formula is C11H16ClN3O3. The van der Waals surface area contributed by atoms with E-state index in [0.29, 0.717) is 18.8 Å². The van der Waals surface area contributed by atoms with Crippen molar-refractivity contribution < 1.29 is 14.7 Å². The first-order valence-corrected chi connectivity index (χ1v) is 5.84. The van der Waals surface area contributed by atoms with Crippen molar-refractivity contribution in [1.82, 2.24) is 4.98 Å². The summed E-state index contributed by atoms with van der Waals surface area (Å²) in [7, 11) is 0. The van der Waals surface area contributed by atoms with E-state index in [-0.39, 0.29) is 22.8 Å². The van der Waals surface area contributed by atoms with Gasteiger partial charge in [-0.25, -0.2) is 4.98 Å². The largest absolute Gasteiger partial charge is 0.471 e. The molecule has 6 nitrogen and oxygen atoms in total. The molecule has 1 unspecified atom stereocenters. The lowest BCUT2D eigenvalue weighted by atomic mass is 10.2. The third-order valence-corrected chi connectivity index (χ3v) is 2.48. The number of hydrogen-bond donors (Lipinski definition) is 2. The minimum atomic E-state index is -0.197. The molecule has 0 aliphatic carbocycles. The van der Waals surface area contributed by atoms with Gasteiger partial charge in [0.25, 0.3) is 0 Å². The van der Waals surface area contributed by atoms with Gasteiger partial charge in [-0.3, -0.25) is 0 Å². The van der Waals surface area contributed by atoms with Crippen molar-refractivity contribution in [3.63, 3.8) is 0 Å². The van der Waals surface area contributed by atoms with E-state index in [4.69, 9.17) is 32.0 Å². The van der Waals surface area contributed by atoms with E-state index < -0.39 is 0 Å². The summed E-state index contributed by atoms with van der Waals surface area (Å²) >= 11 is 6.06. The number of hydrogen-bond acceptors (Lipinski definition) is 5. The summed E-state index contributed by atoms with van der Waals surface area (Å²) in [5.41, 5.74) is 5.85. The Hall–Kier alpha value is -1.53. The molecule has 1 heterocycles. The molecule has 3 N–H and O–H groups in total. The average molecular weight is 274 g/mol. The molecule has 0 aliphatic rings. The Bertz CT molecular complexity index is 426. The Morgan fingerprint density at radius 2 is 2.39 bits per heavy atom. The van der Waals surface area contributed by atoms with E-state index in [1.165, 1.54) is 12.3 Å². The van der Waals surface area contributed by atoms with Crippen LogP contribution < -0.4 is 10.5 Å². The summed E-state index contributed by atoms with van der Waals surface area (Å²) in [5.74, 6) is 0.137. The highest BCUT2D eigenvalue weighted by Crippen LogP contribution is 2.26. The highest BCUT2D eigenvalue weighted by atomic mass is 35.5. The fourth-order valence-corrected chi connectivity index (χ4v) is 1.52. The van der Waals surface area contributed by atoms with Crippen LogP contribution in [-0.2, 0) is 4.74 Å². The van der Waals surface area contributed by atoms with Gasteiger partial charge in [-0.15, -0.1) is 0 Å². The first-order chi connectivity index (χ1) is 8.60.